The van der Waals surface area contributed by atoms with Crippen molar-refractivity contribution in [2.24, 2.45) is 0 Å². The molecule has 1 N–H and O–H groups in total. The van der Waals surface area contributed by atoms with E-state index in [1.807, 2.05) is 20.8 Å². The van der Waals surface area contributed by atoms with Gasteiger partial charge in [0, 0.05) is 0 Å². The molecule has 92 valence electrons. The van der Waals surface area contributed by atoms with Crippen molar-refractivity contribution in [1.82, 2.24) is 9.97 Å². The zero-order chi connectivity index (χ0) is 12.6. The zero-order valence-electron chi connectivity index (χ0n) is 9.82. The molecule has 0 aliphatic carbocycles. The third kappa shape index (κ3) is 2.41. The highest BCUT2D eigenvalue weighted by Gasteiger charge is 2.31. The highest BCUT2D eigenvalue weighted by Crippen LogP contribution is 2.34. The van der Waals surface area contributed by atoms with Gasteiger partial charge in [-0.2, -0.15) is 0 Å². The van der Waals surface area contributed by atoms with E-state index < -0.39 is 11.7 Å². The molecule has 6 nitrogen and oxygen atoms in total. The highest BCUT2D eigenvalue weighted by molar-refractivity contribution is 6.32. The van der Waals surface area contributed by atoms with Crippen molar-refractivity contribution in [3.63, 3.8) is 0 Å². The van der Waals surface area contributed by atoms with Crippen molar-refractivity contribution >= 4 is 29.2 Å². The van der Waals surface area contributed by atoms with Gasteiger partial charge in [-0.1, -0.05) is 11.6 Å². The monoisotopic (exact) mass is 256 g/mol. The summed E-state index contributed by atoms with van der Waals surface area (Å²) in [7, 11) is 0. The molecule has 0 saturated carbocycles. The van der Waals surface area contributed by atoms with Crippen LogP contribution in [0.25, 0.3) is 0 Å². The van der Waals surface area contributed by atoms with Crippen LogP contribution in [0.15, 0.2) is 6.33 Å². The molecule has 0 aromatic carbocycles. The molecular formula is C10H13ClN4O2. The molecule has 0 saturated heterocycles. The predicted octanol–water partition coefficient (Wildman–Crippen LogP) is 2.25. The van der Waals surface area contributed by atoms with E-state index in [-0.39, 0.29) is 6.67 Å². The Morgan fingerprint density at radius 2 is 2.24 bits per heavy atom. The van der Waals surface area contributed by atoms with E-state index >= 15 is 0 Å². The molecule has 1 amide bonds. The van der Waals surface area contributed by atoms with E-state index in [4.69, 9.17) is 16.3 Å². The van der Waals surface area contributed by atoms with Crippen LogP contribution in [0, 0.1) is 0 Å². The standard InChI is InChI=1S/C10H13ClN4O2/c1-10(2,3)17-9(16)15-5-14-6-7(11)12-4-13-8(6)15/h4,14H,5H2,1-3H3. The normalized spacial score (nSPS) is 14.2. The van der Waals surface area contributed by atoms with Gasteiger partial charge in [-0.3, -0.25) is 0 Å². The van der Waals surface area contributed by atoms with Crippen LogP contribution in [0.2, 0.25) is 5.15 Å². The van der Waals surface area contributed by atoms with Crippen LogP contribution in [0.1, 0.15) is 20.8 Å². The van der Waals surface area contributed by atoms with Crippen LogP contribution in [-0.2, 0) is 4.74 Å². The number of nitrogens with zero attached hydrogens (tertiary/aromatic N) is 3. The first-order valence-corrected chi connectivity index (χ1v) is 5.51. The first kappa shape index (κ1) is 11.9. The molecule has 0 unspecified atom stereocenters. The number of aromatic nitrogens is 2. The maximum absolute atomic E-state index is 11.9. The summed E-state index contributed by atoms with van der Waals surface area (Å²) < 4.78 is 5.26. The summed E-state index contributed by atoms with van der Waals surface area (Å²) in [5.41, 5.74) is 0.0106. The topological polar surface area (TPSA) is 67.3 Å². The van der Waals surface area contributed by atoms with Crippen molar-refractivity contribution in [3.05, 3.63) is 11.5 Å². The molecule has 17 heavy (non-hydrogen) atoms. The first-order chi connectivity index (χ1) is 7.88. The number of carbonyl (C=O) groups is 1. The third-order valence-electron chi connectivity index (χ3n) is 2.06. The molecule has 0 bridgehead atoms. The molecule has 1 aromatic heterocycles. The Kier molecular flexibility index (Phi) is 2.82. The second-order valence-corrected chi connectivity index (χ2v) is 4.96. The molecule has 2 heterocycles. The van der Waals surface area contributed by atoms with Crippen molar-refractivity contribution in [2.45, 2.75) is 26.4 Å². The number of nitrogens with one attached hydrogen (secondary N) is 1. The number of ether oxygens (including phenoxy) is 1. The van der Waals surface area contributed by atoms with Gasteiger partial charge in [0.05, 0.1) is 0 Å². The van der Waals surface area contributed by atoms with Gasteiger partial charge in [-0.05, 0) is 20.8 Å². The fourth-order valence-electron chi connectivity index (χ4n) is 1.41. The smallest absolute Gasteiger partial charge is 0.417 e. The van der Waals surface area contributed by atoms with E-state index in [0.717, 1.165) is 0 Å². The molecule has 1 aliphatic rings. The maximum Gasteiger partial charge on any atom is 0.417 e. The summed E-state index contributed by atoms with van der Waals surface area (Å²) in [6, 6.07) is 0. The van der Waals surface area contributed by atoms with Crippen molar-refractivity contribution in [1.29, 1.82) is 0 Å². The van der Waals surface area contributed by atoms with Gasteiger partial charge >= 0.3 is 6.09 Å². The number of rotatable bonds is 0. The Labute approximate surface area is 104 Å². The number of amides is 1. The third-order valence-corrected chi connectivity index (χ3v) is 2.35. The van der Waals surface area contributed by atoms with Crippen LogP contribution < -0.4 is 10.2 Å². The Morgan fingerprint density at radius 1 is 1.53 bits per heavy atom. The van der Waals surface area contributed by atoms with Crippen LogP contribution in [0.4, 0.5) is 16.3 Å². The number of hydrogen-bond donors (Lipinski definition) is 1. The number of hydrogen-bond acceptors (Lipinski definition) is 5. The maximum atomic E-state index is 11.9. The summed E-state index contributed by atoms with van der Waals surface area (Å²) in [6.07, 6.45) is 0.851. The number of fused-ring (bicyclic) bond motifs is 1. The highest BCUT2D eigenvalue weighted by atomic mass is 35.5. The van der Waals surface area contributed by atoms with Crippen LogP contribution in [-0.4, -0.2) is 28.3 Å². The zero-order valence-corrected chi connectivity index (χ0v) is 10.6. The molecule has 7 heteroatoms. The second-order valence-electron chi connectivity index (χ2n) is 4.61. The molecule has 1 aromatic rings. The average molecular weight is 257 g/mol. The van der Waals surface area contributed by atoms with Crippen LogP contribution >= 0.6 is 11.6 Å². The summed E-state index contributed by atoms with van der Waals surface area (Å²) in [5.74, 6) is 0.444. The minimum atomic E-state index is -0.545. The van der Waals surface area contributed by atoms with E-state index in [1.54, 1.807) is 0 Å². The fourth-order valence-corrected chi connectivity index (χ4v) is 1.61. The molecule has 0 atom stereocenters. The fraction of sp³-hybridized carbons (Fsp3) is 0.500. The second kappa shape index (κ2) is 4.03. The summed E-state index contributed by atoms with van der Waals surface area (Å²) in [5, 5.41) is 3.25. The quantitative estimate of drug-likeness (QED) is 0.721. The lowest BCUT2D eigenvalue weighted by Crippen LogP contribution is -2.36. The van der Waals surface area contributed by atoms with Crippen molar-refractivity contribution < 1.29 is 9.53 Å². The van der Waals surface area contributed by atoms with Gasteiger partial charge in [0.25, 0.3) is 0 Å². The summed E-state index contributed by atoms with van der Waals surface area (Å²) in [4.78, 5) is 21.1. The lowest BCUT2D eigenvalue weighted by Gasteiger charge is -2.23. The first-order valence-electron chi connectivity index (χ1n) is 5.13. The predicted molar refractivity (Wildman–Crippen MR) is 64.2 cm³/mol. The van der Waals surface area contributed by atoms with Gasteiger partial charge in [-0.15, -0.1) is 0 Å². The minimum absolute atomic E-state index is 0.280. The largest absolute Gasteiger partial charge is 0.443 e. The molecule has 0 spiro atoms. The summed E-state index contributed by atoms with van der Waals surface area (Å²) >= 11 is 5.88. The Hall–Kier alpha value is -1.56. The van der Waals surface area contributed by atoms with E-state index in [9.17, 15) is 4.79 Å². The van der Waals surface area contributed by atoms with Gasteiger partial charge in [0.1, 0.15) is 24.3 Å². The lowest BCUT2D eigenvalue weighted by atomic mass is 10.2. The van der Waals surface area contributed by atoms with E-state index in [0.29, 0.717) is 16.7 Å². The van der Waals surface area contributed by atoms with Gasteiger partial charge in [0.15, 0.2) is 11.0 Å². The number of halogens is 1. The van der Waals surface area contributed by atoms with Gasteiger partial charge < -0.3 is 10.1 Å². The van der Waals surface area contributed by atoms with E-state index in [1.165, 1.54) is 11.2 Å². The number of anilines is 2. The minimum Gasteiger partial charge on any atom is -0.443 e. The molecule has 1 aliphatic heterocycles. The van der Waals surface area contributed by atoms with Crippen molar-refractivity contribution in [2.75, 3.05) is 16.9 Å². The van der Waals surface area contributed by atoms with E-state index in [2.05, 4.69) is 15.3 Å². The average Bonchev–Trinajstić information content (AvgIpc) is 2.60. The lowest BCUT2D eigenvalue weighted by molar-refractivity contribution is 0.0584. The molecular weight excluding hydrogens is 244 g/mol. The number of carbonyl (C=O) groups excluding carboxylic acids is 1. The van der Waals surface area contributed by atoms with Gasteiger partial charge in [0.2, 0.25) is 0 Å². The SMILES string of the molecule is CC(C)(C)OC(=O)N1CNc2c(Cl)ncnc21. The Balaban J connectivity index is 2.23. The van der Waals surface area contributed by atoms with Gasteiger partial charge in [-0.25, -0.2) is 19.7 Å². The Bertz CT molecular complexity index is 458. The van der Waals surface area contributed by atoms with Crippen LogP contribution in [0.3, 0.4) is 0 Å². The Morgan fingerprint density at radius 3 is 2.88 bits per heavy atom. The molecule has 0 radical (unpaired) electrons. The molecule has 0 fully saturated rings. The van der Waals surface area contributed by atoms with Crippen LogP contribution in [0.5, 0.6) is 0 Å². The molecule has 2 rings (SSSR count). The summed E-state index contributed by atoms with van der Waals surface area (Å²) in [6.45, 7) is 5.70. The van der Waals surface area contributed by atoms with Crippen molar-refractivity contribution in [3.8, 4) is 0 Å².